The Balaban J connectivity index is 1.66. The summed E-state index contributed by atoms with van der Waals surface area (Å²) >= 11 is 1.33. The number of nitrogens with zero attached hydrogens (tertiary/aromatic N) is 4. The third-order valence-corrected chi connectivity index (χ3v) is 6.45. The lowest BCUT2D eigenvalue weighted by molar-refractivity contribution is 0.583. The van der Waals surface area contributed by atoms with Crippen molar-refractivity contribution in [1.29, 1.82) is 0 Å². The van der Waals surface area contributed by atoms with Gasteiger partial charge >= 0.3 is 0 Å². The van der Waals surface area contributed by atoms with Crippen LogP contribution in [0.3, 0.4) is 0 Å². The molecule has 0 amide bonds. The number of hydrogen-bond donors (Lipinski definition) is 0. The van der Waals surface area contributed by atoms with E-state index in [1.54, 1.807) is 6.26 Å². The van der Waals surface area contributed by atoms with Crippen molar-refractivity contribution in [3.63, 3.8) is 0 Å². The summed E-state index contributed by atoms with van der Waals surface area (Å²) in [6.07, 6.45) is 1.63. The molecule has 154 valence electrons. The third kappa shape index (κ3) is 2.94. The minimum atomic E-state index is -0.214. The molecule has 7 heteroatoms. The zero-order valence-electron chi connectivity index (χ0n) is 17.0. The first-order valence-electron chi connectivity index (χ1n) is 10.1. The van der Waals surface area contributed by atoms with Gasteiger partial charge in [0.05, 0.1) is 23.0 Å². The van der Waals surface area contributed by atoms with Gasteiger partial charge in [0.2, 0.25) is 0 Å². The standard InChI is InChI=1S/C25H16N4O2S/c1-15-9-11-17(12-10-15)29-25(30)23-22(27-28-29)21-18(20-8-5-13-31-20)14-19(26-24(21)32-23)16-6-3-2-4-7-16/h2-14H,1H3. The summed E-state index contributed by atoms with van der Waals surface area (Å²) in [6, 6.07) is 23.3. The normalized spacial score (nSPS) is 11.4. The number of aromatic nitrogens is 4. The number of pyridine rings is 1. The van der Waals surface area contributed by atoms with Crippen molar-refractivity contribution in [2.24, 2.45) is 0 Å². The maximum atomic E-state index is 13.4. The minimum absolute atomic E-state index is 0.214. The highest BCUT2D eigenvalue weighted by Gasteiger charge is 2.20. The van der Waals surface area contributed by atoms with Gasteiger partial charge in [-0.05, 0) is 37.3 Å². The number of benzene rings is 2. The molecule has 0 aliphatic rings. The molecule has 2 aromatic carbocycles. The van der Waals surface area contributed by atoms with Gasteiger partial charge in [0.15, 0.2) is 0 Å². The summed E-state index contributed by atoms with van der Waals surface area (Å²) in [4.78, 5) is 18.9. The number of hydrogen-bond acceptors (Lipinski definition) is 6. The van der Waals surface area contributed by atoms with Gasteiger partial charge in [-0.2, -0.15) is 4.68 Å². The molecule has 0 bridgehead atoms. The van der Waals surface area contributed by atoms with Crippen LogP contribution in [0.2, 0.25) is 0 Å². The Kier molecular flexibility index (Phi) is 4.22. The van der Waals surface area contributed by atoms with Crippen molar-refractivity contribution < 1.29 is 4.42 Å². The van der Waals surface area contributed by atoms with Gasteiger partial charge < -0.3 is 4.42 Å². The van der Waals surface area contributed by atoms with Gasteiger partial charge in [0.25, 0.3) is 5.56 Å². The minimum Gasteiger partial charge on any atom is -0.464 e. The molecule has 0 N–H and O–H groups in total. The van der Waals surface area contributed by atoms with Gasteiger partial charge in [-0.15, -0.1) is 16.4 Å². The van der Waals surface area contributed by atoms with Crippen LogP contribution in [0.15, 0.2) is 88.3 Å². The fourth-order valence-corrected chi connectivity index (χ4v) is 4.85. The smallest absolute Gasteiger partial charge is 0.292 e. The van der Waals surface area contributed by atoms with E-state index in [4.69, 9.17) is 9.40 Å². The van der Waals surface area contributed by atoms with Crippen LogP contribution in [-0.4, -0.2) is 20.0 Å². The molecule has 0 aliphatic carbocycles. The largest absolute Gasteiger partial charge is 0.464 e. The van der Waals surface area contributed by atoms with Crippen molar-refractivity contribution in [2.75, 3.05) is 0 Å². The summed E-state index contributed by atoms with van der Waals surface area (Å²) < 4.78 is 7.57. The van der Waals surface area contributed by atoms with Crippen LogP contribution in [0.4, 0.5) is 0 Å². The third-order valence-electron chi connectivity index (χ3n) is 5.39. The predicted octanol–water partition coefficient (Wildman–Crippen LogP) is 5.63. The average Bonchev–Trinajstić information content (AvgIpc) is 3.49. The quantitative estimate of drug-likeness (QED) is 0.360. The van der Waals surface area contributed by atoms with E-state index in [2.05, 4.69) is 10.3 Å². The molecule has 0 unspecified atom stereocenters. The van der Waals surface area contributed by atoms with E-state index in [-0.39, 0.29) is 5.56 Å². The van der Waals surface area contributed by atoms with Crippen molar-refractivity contribution in [2.45, 2.75) is 6.92 Å². The Bertz CT molecular complexity index is 1630. The lowest BCUT2D eigenvalue weighted by Gasteiger charge is -2.06. The summed E-state index contributed by atoms with van der Waals surface area (Å²) in [7, 11) is 0. The summed E-state index contributed by atoms with van der Waals surface area (Å²) in [6.45, 7) is 2.00. The van der Waals surface area contributed by atoms with E-state index in [1.807, 2.05) is 79.7 Å². The molecule has 0 saturated heterocycles. The van der Waals surface area contributed by atoms with Crippen molar-refractivity contribution >= 4 is 31.8 Å². The Labute approximate surface area is 186 Å². The molecule has 6 rings (SSSR count). The molecule has 0 spiro atoms. The first-order valence-corrected chi connectivity index (χ1v) is 10.9. The lowest BCUT2D eigenvalue weighted by Crippen LogP contribution is -2.21. The molecule has 0 fully saturated rings. The summed E-state index contributed by atoms with van der Waals surface area (Å²) in [5, 5.41) is 9.46. The van der Waals surface area contributed by atoms with Gasteiger partial charge in [-0.3, -0.25) is 4.79 Å². The Morgan fingerprint density at radius 1 is 0.969 bits per heavy atom. The fourth-order valence-electron chi connectivity index (χ4n) is 3.79. The highest BCUT2D eigenvalue weighted by molar-refractivity contribution is 7.25. The van der Waals surface area contributed by atoms with Crippen LogP contribution in [0.25, 0.3) is 48.7 Å². The maximum absolute atomic E-state index is 13.4. The Hall–Kier alpha value is -4.10. The predicted molar refractivity (Wildman–Crippen MR) is 126 cm³/mol. The average molecular weight is 436 g/mol. The Morgan fingerprint density at radius 2 is 1.78 bits per heavy atom. The van der Waals surface area contributed by atoms with Crippen LogP contribution < -0.4 is 5.56 Å². The van der Waals surface area contributed by atoms with Gasteiger partial charge in [-0.25, -0.2) is 4.98 Å². The zero-order chi connectivity index (χ0) is 21.7. The van der Waals surface area contributed by atoms with E-state index >= 15 is 0 Å². The van der Waals surface area contributed by atoms with Gasteiger partial charge in [0, 0.05) is 11.1 Å². The van der Waals surface area contributed by atoms with Crippen molar-refractivity contribution in [1.82, 2.24) is 20.0 Å². The van der Waals surface area contributed by atoms with Crippen molar-refractivity contribution in [3.8, 4) is 28.3 Å². The molecule has 6 nitrogen and oxygen atoms in total. The molecule has 4 heterocycles. The van der Waals surface area contributed by atoms with E-state index in [0.717, 1.165) is 32.6 Å². The SMILES string of the molecule is Cc1ccc(-n2nnc3c(sc4nc(-c5ccccc5)cc(-c5ccco5)c43)c2=O)cc1. The molecular formula is C25H16N4O2S. The summed E-state index contributed by atoms with van der Waals surface area (Å²) in [5.41, 5.74) is 4.75. The summed E-state index contributed by atoms with van der Waals surface area (Å²) in [5.74, 6) is 0.693. The second-order valence-corrected chi connectivity index (χ2v) is 8.50. The highest BCUT2D eigenvalue weighted by atomic mass is 32.1. The second-order valence-electron chi connectivity index (χ2n) is 7.50. The second kappa shape index (κ2) is 7.25. The van der Waals surface area contributed by atoms with Crippen LogP contribution >= 0.6 is 11.3 Å². The maximum Gasteiger partial charge on any atom is 0.292 e. The van der Waals surface area contributed by atoms with Crippen molar-refractivity contribution in [3.05, 3.63) is 95.0 Å². The van der Waals surface area contributed by atoms with Crippen LogP contribution in [0.1, 0.15) is 5.56 Å². The fraction of sp³-hybridized carbons (Fsp3) is 0.0400. The number of fused-ring (bicyclic) bond motifs is 3. The first kappa shape index (κ1) is 18.7. The number of aryl methyl sites for hydroxylation is 1. The lowest BCUT2D eigenvalue weighted by atomic mass is 10.0. The van der Waals surface area contributed by atoms with E-state index in [9.17, 15) is 4.79 Å². The topological polar surface area (TPSA) is 73.8 Å². The number of furan rings is 1. The molecule has 6 aromatic rings. The molecule has 0 saturated carbocycles. The zero-order valence-corrected chi connectivity index (χ0v) is 17.8. The molecule has 0 atom stereocenters. The number of rotatable bonds is 3. The van der Waals surface area contributed by atoms with Crippen LogP contribution in [0, 0.1) is 6.92 Å². The monoisotopic (exact) mass is 436 g/mol. The van der Waals surface area contributed by atoms with E-state index in [0.29, 0.717) is 21.7 Å². The van der Waals surface area contributed by atoms with Gasteiger partial charge in [0.1, 0.15) is 20.8 Å². The van der Waals surface area contributed by atoms with Crippen LogP contribution in [-0.2, 0) is 0 Å². The molecule has 32 heavy (non-hydrogen) atoms. The molecule has 4 aromatic heterocycles. The highest BCUT2D eigenvalue weighted by Crippen LogP contribution is 2.39. The molecule has 0 aliphatic heterocycles. The first-order chi connectivity index (χ1) is 15.7. The number of thiophene rings is 1. The Morgan fingerprint density at radius 3 is 2.53 bits per heavy atom. The molecule has 0 radical (unpaired) electrons. The van der Waals surface area contributed by atoms with E-state index < -0.39 is 0 Å². The van der Waals surface area contributed by atoms with Gasteiger partial charge in [-0.1, -0.05) is 53.2 Å². The van der Waals surface area contributed by atoms with E-state index in [1.165, 1.54) is 16.0 Å². The molecular weight excluding hydrogens is 420 g/mol. The van der Waals surface area contributed by atoms with Crippen LogP contribution in [0.5, 0.6) is 0 Å².